The van der Waals surface area contributed by atoms with Crippen molar-refractivity contribution in [3.05, 3.63) is 71.3 Å². The summed E-state index contributed by atoms with van der Waals surface area (Å²) in [5.74, 6) is -0.970. The second kappa shape index (κ2) is 9.63. The molecule has 3 rings (SSSR count). The van der Waals surface area contributed by atoms with E-state index in [2.05, 4.69) is 0 Å². The summed E-state index contributed by atoms with van der Waals surface area (Å²) >= 11 is 0. The highest BCUT2D eigenvalue weighted by Crippen LogP contribution is 2.24. The molecule has 0 aromatic heterocycles. The van der Waals surface area contributed by atoms with Gasteiger partial charge in [-0.1, -0.05) is 55.7 Å². The molecule has 1 amide bonds. The average Bonchev–Trinajstić information content (AvgIpc) is 2.69. The lowest BCUT2D eigenvalue weighted by atomic mass is 9.93. The lowest BCUT2D eigenvalue weighted by Crippen LogP contribution is -2.42. The minimum absolute atomic E-state index is 0.133. The molecule has 0 heterocycles. The van der Waals surface area contributed by atoms with Gasteiger partial charge in [-0.25, -0.2) is 8.78 Å². The van der Waals surface area contributed by atoms with E-state index in [1.165, 1.54) is 18.6 Å². The largest absolute Gasteiger partial charge is 0.339 e. The number of amides is 1. The van der Waals surface area contributed by atoms with Crippen LogP contribution in [0.2, 0.25) is 0 Å². The summed E-state index contributed by atoms with van der Waals surface area (Å²) in [6.45, 7) is 0.487. The van der Waals surface area contributed by atoms with E-state index >= 15 is 0 Å². The van der Waals surface area contributed by atoms with Crippen LogP contribution in [0.3, 0.4) is 0 Å². The smallest absolute Gasteiger partial charge is 0.223 e. The van der Waals surface area contributed by atoms with E-state index in [0.717, 1.165) is 37.3 Å². The van der Waals surface area contributed by atoms with Crippen LogP contribution in [0.1, 0.15) is 49.7 Å². The number of nitrogens with zero attached hydrogens (tertiary/aromatic N) is 1. The van der Waals surface area contributed by atoms with E-state index in [4.69, 9.17) is 0 Å². The van der Waals surface area contributed by atoms with Crippen LogP contribution in [0.4, 0.5) is 8.78 Å². The number of benzene rings is 2. The highest BCUT2D eigenvalue weighted by molar-refractivity contribution is 5.76. The first-order chi connectivity index (χ1) is 13.1. The van der Waals surface area contributed by atoms with Crippen molar-refractivity contribution in [3.8, 4) is 0 Å². The molecule has 1 saturated carbocycles. The Hall–Kier alpha value is -2.23. The van der Waals surface area contributed by atoms with Gasteiger partial charge in [-0.2, -0.15) is 0 Å². The van der Waals surface area contributed by atoms with Gasteiger partial charge in [-0.3, -0.25) is 4.79 Å². The monoisotopic (exact) mass is 371 g/mol. The first-order valence-corrected chi connectivity index (χ1v) is 9.91. The fourth-order valence-corrected chi connectivity index (χ4v) is 3.91. The van der Waals surface area contributed by atoms with Gasteiger partial charge in [0.2, 0.25) is 5.91 Å². The maximum atomic E-state index is 14.0. The molecule has 0 unspecified atom stereocenters. The Morgan fingerprint density at radius 2 is 1.70 bits per heavy atom. The van der Waals surface area contributed by atoms with Gasteiger partial charge in [0.15, 0.2) is 0 Å². The standard InChI is InChI=1S/C23H27F2NO/c24-20-13-12-19(22(25)17-20)15-16-26(21-9-5-2-6-10-21)23(27)14-11-18-7-3-1-4-8-18/h1,3-4,7-8,12-13,17,21H,2,5-6,9-11,14-16H2. The van der Waals surface area contributed by atoms with E-state index in [9.17, 15) is 13.6 Å². The van der Waals surface area contributed by atoms with Crippen LogP contribution in [-0.4, -0.2) is 23.4 Å². The average molecular weight is 371 g/mol. The lowest BCUT2D eigenvalue weighted by molar-refractivity contribution is -0.134. The van der Waals surface area contributed by atoms with Crippen LogP contribution in [0.25, 0.3) is 0 Å². The van der Waals surface area contributed by atoms with Gasteiger partial charge in [0.1, 0.15) is 11.6 Å². The highest BCUT2D eigenvalue weighted by atomic mass is 19.1. The molecule has 27 heavy (non-hydrogen) atoms. The number of halogens is 2. The molecule has 2 nitrogen and oxygen atoms in total. The fraction of sp³-hybridized carbons (Fsp3) is 0.435. The van der Waals surface area contributed by atoms with Gasteiger partial charge in [-0.05, 0) is 42.9 Å². The minimum atomic E-state index is -0.570. The van der Waals surface area contributed by atoms with Crippen LogP contribution in [0.15, 0.2) is 48.5 Å². The Balaban J connectivity index is 1.65. The predicted molar refractivity (Wildman–Crippen MR) is 103 cm³/mol. The highest BCUT2D eigenvalue weighted by Gasteiger charge is 2.25. The van der Waals surface area contributed by atoms with Crippen molar-refractivity contribution < 1.29 is 13.6 Å². The van der Waals surface area contributed by atoms with E-state index in [-0.39, 0.29) is 11.9 Å². The Morgan fingerprint density at radius 1 is 0.963 bits per heavy atom. The van der Waals surface area contributed by atoms with E-state index in [1.807, 2.05) is 35.2 Å². The normalized spacial score (nSPS) is 14.9. The number of aryl methyl sites for hydroxylation is 1. The molecule has 0 spiro atoms. The molecule has 144 valence electrons. The van der Waals surface area contributed by atoms with Gasteiger partial charge in [0.25, 0.3) is 0 Å². The molecule has 0 bridgehead atoms. The van der Waals surface area contributed by atoms with Crippen molar-refractivity contribution >= 4 is 5.91 Å². The first-order valence-electron chi connectivity index (χ1n) is 9.91. The molecule has 2 aromatic rings. The van der Waals surface area contributed by atoms with E-state index in [0.29, 0.717) is 31.4 Å². The zero-order chi connectivity index (χ0) is 19.1. The summed E-state index contributed by atoms with van der Waals surface area (Å²) in [5, 5.41) is 0. The number of carbonyl (C=O) groups is 1. The molecule has 0 radical (unpaired) electrons. The molecule has 2 aromatic carbocycles. The van der Waals surface area contributed by atoms with Crippen molar-refractivity contribution in [1.82, 2.24) is 4.90 Å². The summed E-state index contributed by atoms with van der Waals surface area (Å²) < 4.78 is 27.1. The SMILES string of the molecule is O=C(CCc1ccccc1)N(CCc1ccc(F)cc1F)C1CCCCC1. The quantitative estimate of drug-likeness (QED) is 0.647. The summed E-state index contributed by atoms with van der Waals surface area (Å²) in [4.78, 5) is 14.9. The van der Waals surface area contributed by atoms with Crippen LogP contribution < -0.4 is 0 Å². The van der Waals surface area contributed by atoms with E-state index < -0.39 is 11.6 Å². The molecule has 1 fully saturated rings. The fourth-order valence-electron chi connectivity index (χ4n) is 3.91. The second-order valence-corrected chi connectivity index (χ2v) is 7.35. The van der Waals surface area contributed by atoms with Crippen molar-refractivity contribution in [1.29, 1.82) is 0 Å². The van der Waals surface area contributed by atoms with E-state index in [1.54, 1.807) is 0 Å². The summed E-state index contributed by atoms with van der Waals surface area (Å²) in [6, 6.07) is 13.9. The van der Waals surface area contributed by atoms with Crippen molar-refractivity contribution in [3.63, 3.8) is 0 Å². The van der Waals surface area contributed by atoms with Gasteiger partial charge in [-0.15, -0.1) is 0 Å². The Labute approximate surface area is 160 Å². The molecule has 0 aliphatic heterocycles. The van der Waals surface area contributed by atoms with Crippen LogP contribution in [0, 0.1) is 11.6 Å². The predicted octanol–water partition coefficient (Wildman–Crippen LogP) is 5.30. The van der Waals surface area contributed by atoms with Crippen molar-refractivity contribution in [2.24, 2.45) is 0 Å². The van der Waals surface area contributed by atoms with Gasteiger partial charge in [0.05, 0.1) is 0 Å². The summed E-state index contributed by atoms with van der Waals surface area (Å²) in [7, 11) is 0. The number of hydrogen-bond donors (Lipinski definition) is 0. The maximum absolute atomic E-state index is 14.0. The van der Waals surface area contributed by atoms with Crippen molar-refractivity contribution in [2.75, 3.05) is 6.54 Å². The summed E-state index contributed by atoms with van der Waals surface area (Å²) in [5.41, 5.74) is 1.62. The van der Waals surface area contributed by atoms with Crippen LogP contribution in [-0.2, 0) is 17.6 Å². The topological polar surface area (TPSA) is 20.3 Å². The van der Waals surface area contributed by atoms with Gasteiger partial charge in [0, 0.05) is 25.1 Å². The molecule has 0 atom stereocenters. The van der Waals surface area contributed by atoms with Crippen LogP contribution in [0.5, 0.6) is 0 Å². The molecule has 4 heteroatoms. The third-order valence-electron chi connectivity index (χ3n) is 5.44. The number of rotatable bonds is 7. The molecule has 1 aliphatic rings. The Bertz CT molecular complexity index is 741. The van der Waals surface area contributed by atoms with Crippen molar-refractivity contribution in [2.45, 2.75) is 57.4 Å². The first kappa shape index (κ1) is 19.5. The summed E-state index contributed by atoms with van der Waals surface area (Å²) in [6.07, 6.45) is 7.12. The van der Waals surface area contributed by atoms with Gasteiger partial charge >= 0.3 is 0 Å². The molecular formula is C23H27F2NO. The molecule has 0 saturated heterocycles. The lowest BCUT2D eigenvalue weighted by Gasteiger charge is -2.34. The molecule has 1 aliphatic carbocycles. The van der Waals surface area contributed by atoms with Crippen LogP contribution >= 0.6 is 0 Å². The third kappa shape index (κ3) is 5.62. The zero-order valence-corrected chi connectivity index (χ0v) is 15.7. The minimum Gasteiger partial charge on any atom is -0.339 e. The second-order valence-electron chi connectivity index (χ2n) is 7.35. The third-order valence-corrected chi connectivity index (χ3v) is 5.44. The maximum Gasteiger partial charge on any atom is 0.223 e. The Morgan fingerprint density at radius 3 is 2.41 bits per heavy atom. The zero-order valence-electron chi connectivity index (χ0n) is 15.7. The molecular weight excluding hydrogens is 344 g/mol. The number of carbonyl (C=O) groups excluding carboxylic acids is 1. The Kier molecular flexibility index (Phi) is 6.97. The number of hydrogen-bond acceptors (Lipinski definition) is 1. The molecule has 0 N–H and O–H groups in total. The van der Waals surface area contributed by atoms with Gasteiger partial charge < -0.3 is 4.90 Å².